The number of halogens is 1. The summed E-state index contributed by atoms with van der Waals surface area (Å²) in [6.07, 6.45) is 5.47. The average Bonchev–Trinajstić information content (AvgIpc) is 3.04. The monoisotopic (exact) mass is 370 g/mol. The van der Waals surface area contributed by atoms with Gasteiger partial charge in [-0.1, -0.05) is 40.2 Å². The van der Waals surface area contributed by atoms with Crippen LogP contribution in [0.1, 0.15) is 29.5 Å². The number of hydrogen-bond donors (Lipinski definition) is 1. The van der Waals surface area contributed by atoms with E-state index < -0.39 is 0 Å². The van der Waals surface area contributed by atoms with Gasteiger partial charge in [-0.3, -0.25) is 10.1 Å². The molecule has 4 nitrogen and oxygen atoms in total. The Morgan fingerprint density at radius 3 is 2.91 bits per heavy atom. The van der Waals surface area contributed by atoms with E-state index in [4.69, 9.17) is 0 Å². The predicted octanol–water partition coefficient (Wildman–Crippen LogP) is 5.18. The summed E-state index contributed by atoms with van der Waals surface area (Å²) in [5, 5.41) is 14.7. The van der Waals surface area contributed by atoms with Crippen LogP contribution in [0.3, 0.4) is 0 Å². The van der Waals surface area contributed by atoms with Crippen molar-refractivity contribution in [1.29, 1.82) is 0 Å². The summed E-state index contributed by atoms with van der Waals surface area (Å²) < 4.78 is 1.07. The van der Waals surface area contributed by atoms with Gasteiger partial charge in [-0.2, -0.15) is 0 Å². The van der Waals surface area contributed by atoms with Gasteiger partial charge in [0.25, 0.3) is 5.69 Å². The zero-order valence-electron chi connectivity index (χ0n) is 12.3. The highest BCUT2D eigenvalue weighted by molar-refractivity contribution is 9.10. The van der Waals surface area contributed by atoms with Crippen LogP contribution in [0.2, 0.25) is 0 Å². The maximum Gasteiger partial charge on any atom is 0.269 e. The quantitative estimate of drug-likeness (QED) is 0.449. The Labute approximate surface area is 142 Å². The first-order valence-electron chi connectivity index (χ1n) is 7.60. The molecule has 0 spiro atoms. The first kappa shape index (κ1) is 14.5. The van der Waals surface area contributed by atoms with Crippen molar-refractivity contribution in [3.05, 3.63) is 80.3 Å². The van der Waals surface area contributed by atoms with Gasteiger partial charge < -0.3 is 5.32 Å². The van der Waals surface area contributed by atoms with Crippen molar-refractivity contribution >= 4 is 27.3 Å². The van der Waals surface area contributed by atoms with Crippen LogP contribution in [0.25, 0.3) is 0 Å². The first-order valence-corrected chi connectivity index (χ1v) is 8.40. The topological polar surface area (TPSA) is 55.2 Å². The zero-order chi connectivity index (χ0) is 16.0. The number of allylic oxidation sites excluding steroid dienone is 2. The molecule has 3 atom stereocenters. The Hall–Kier alpha value is -2.14. The number of nitro benzene ring substituents is 1. The third-order valence-corrected chi connectivity index (χ3v) is 5.26. The molecule has 0 fully saturated rings. The molecular formula is C18H15BrN2O2. The van der Waals surface area contributed by atoms with E-state index in [1.54, 1.807) is 18.2 Å². The fourth-order valence-corrected chi connectivity index (χ4v) is 4.11. The van der Waals surface area contributed by atoms with Crippen molar-refractivity contribution < 1.29 is 4.92 Å². The van der Waals surface area contributed by atoms with Gasteiger partial charge in [0, 0.05) is 28.2 Å². The number of nitrogens with one attached hydrogen (secondary N) is 1. The summed E-state index contributed by atoms with van der Waals surface area (Å²) in [6.45, 7) is 0. The SMILES string of the molecule is O=[N+]([O-])c1cccc([C@H]2Nc3ccc(Br)cc3[C@H]3C=CC[C@H]32)c1. The Bertz CT molecular complexity index is 818. The summed E-state index contributed by atoms with van der Waals surface area (Å²) in [6, 6.07) is 13.3. The number of fused-ring (bicyclic) bond motifs is 3. The normalized spacial score (nSPS) is 24.7. The van der Waals surface area contributed by atoms with Gasteiger partial charge in [0.05, 0.1) is 11.0 Å². The molecule has 2 aromatic rings. The minimum Gasteiger partial charge on any atom is -0.378 e. The lowest BCUT2D eigenvalue weighted by Crippen LogP contribution is -2.29. The number of rotatable bonds is 2. The van der Waals surface area contributed by atoms with Crippen molar-refractivity contribution in [1.82, 2.24) is 0 Å². The fourth-order valence-electron chi connectivity index (χ4n) is 3.73. The second-order valence-corrected chi connectivity index (χ2v) is 6.97. The van der Waals surface area contributed by atoms with E-state index in [0.717, 1.165) is 22.1 Å². The van der Waals surface area contributed by atoms with Gasteiger partial charge in [-0.05, 0) is 41.7 Å². The Balaban J connectivity index is 1.78. The largest absolute Gasteiger partial charge is 0.378 e. The highest BCUT2D eigenvalue weighted by Crippen LogP contribution is 2.50. The van der Waals surface area contributed by atoms with Crippen molar-refractivity contribution in [2.24, 2.45) is 5.92 Å². The van der Waals surface area contributed by atoms with E-state index in [1.807, 2.05) is 12.1 Å². The van der Waals surface area contributed by atoms with E-state index >= 15 is 0 Å². The molecule has 0 bridgehead atoms. The molecule has 0 unspecified atom stereocenters. The number of benzene rings is 2. The molecule has 23 heavy (non-hydrogen) atoms. The second kappa shape index (κ2) is 5.49. The van der Waals surface area contributed by atoms with Crippen LogP contribution in [0.4, 0.5) is 11.4 Å². The van der Waals surface area contributed by atoms with Crippen LogP contribution >= 0.6 is 15.9 Å². The molecule has 0 amide bonds. The summed E-state index contributed by atoms with van der Waals surface area (Å²) in [5.74, 6) is 0.742. The van der Waals surface area contributed by atoms with E-state index in [-0.39, 0.29) is 16.7 Å². The van der Waals surface area contributed by atoms with Crippen molar-refractivity contribution in [2.75, 3.05) is 5.32 Å². The lowest BCUT2D eigenvalue weighted by atomic mass is 9.77. The van der Waals surface area contributed by atoms with E-state index in [9.17, 15) is 10.1 Å². The molecule has 0 aromatic heterocycles. The van der Waals surface area contributed by atoms with Crippen molar-refractivity contribution in [3.63, 3.8) is 0 Å². The molecule has 1 aliphatic carbocycles. The molecule has 1 N–H and O–H groups in total. The number of nitro groups is 1. The minimum absolute atomic E-state index is 0.0866. The average molecular weight is 371 g/mol. The molecular weight excluding hydrogens is 356 g/mol. The minimum atomic E-state index is -0.332. The van der Waals surface area contributed by atoms with Crippen molar-refractivity contribution in [3.8, 4) is 0 Å². The molecule has 116 valence electrons. The lowest BCUT2D eigenvalue weighted by Gasteiger charge is -2.37. The summed E-state index contributed by atoms with van der Waals surface area (Å²) in [4.78, 5) is 10.7. The maximum atomic E-state index is 11.1. The highest BCUT2D eigenvalue weighted by atomic mass is 79.9. The van der Waals surface area contributed by atoms with Gasteiger partial charge in [0.1, 0.15) is 0 Å². The Kier molecular flexibility index (Phi) is 3.45. The molecule has 1 aliphatic heterocycles. The lowest BCUT2D eigenvalue weighted by molar-refractivity contribution is -0.384. The summed E-state index contributed by atoms with van der Waals surface area (Å²) in [5.41, 5.74) is 3.53. The van der Waals surface area contributed by atoms with Crippen LogP contribution in [0.5, 0.6) is 0 Å². The predicted molar refractivity (Wildman–Crippen MR) is 93.6 cm³/mol. The second-order valence-electron chi connectivity index (χ2n) is 6.06. The Morgan fingerprint density at radius 1 is 1.22 bits per heavy atom. The van der Waals surface area contributed by atoms with Gasteiger partial charge in [0.2, 0.25) is 0 Å². The van der Waals surface area contributed by atoms with E-state index in [2.05, 4.69) is 45.5 Å². The molecule has 2 aromatic carbocycles. The van der Waals surface area contributed by atoms with Crippen molar-refractivity contribution in [2.45, 2.75) is 18.4 Å². The number of non-ortho nitro benzene ring substituents is 1. The zero-order valence-corrected chi connectivity index (χ0v) is 13.9. The van der Waals surface area contributed by atoms with Gasteiger partial charge in [0.15, 0.2) is 0 Å². The molecule has 0 saturated heterocycles. The van der Waals surface area contributed by atoms with Crippen LogP contribution in [0.15, 0.2) is 59.1 Å². The van der Waals surface area contributed by atoms with E-state index in [1.165, 1.54) is 5.56 Å². The van der Waals surface area contributed by atoms with Crippen LogP contribution in [-0.4, -0.2) is 4.92 Å². The first-order chi connectivity index (χ1) is 11.1. The number of nitrogens with zero attached hydrogens (tertiary/aromatic N) is 1. The molecule has 2 aliphatic rings. The molecule has 5 heteroatoms. The molecule has 0 radical (unpaired) electrons. The number of anilines is 1. The van der Waals surface area contributed by atoms with Gasteiger partial charge >= 0.3 is 0 Å². The maximum absolute atomic E-state index is 11.1. The van der Waals surface area contributed by atoms with Crippen LogP contribution < -0.4 is 5.32 Å². The summed E-state index contributed by atoms with van der Waals surface area (Å²) in [7, 11) is 0. The molecule has 4 rings (SSSR count). The number of hydrogen-bond acceptors (Lipinski definition) is 3. The Morgan fingerprint density at radius 2 is 2.09 bits per heavy atom. The summed E-state index contributed by atoms with van der Waals surface area (Å²) >= 11 is 3.55. The van der Waals surface area contributed by atoms with Gasteiger partial charge in [-0.25, -0.2) is 0 Å². The van der Waals surface area contributed by atoms with E-state index in [0.29, 0.717) is 11.8 Å². The van der Waals surface area contributed by atoms with Crippen LogP contribution in [0, 0.1) is 16.0 Å². The third kappa shape index (κ3) is 2.45. The third-order valence-electron chi connectivity index (χ3n) is 4.76. The smallest absolute Gasteiger partial charge is 0.269 e. The fraction of sp³-hybridized carbons (Fsp3) is 0.222. The highest BCUT2D eigenvalue weighted by Gasteiger charge is 2.38. The van der Waals surface area contributed by atoms with Crippen LogP contribution in [-0.2, 0) is 0 Å². The molecule has 1 heterocycles. The van der Waals surface area contributed by atoms with Gasteiger partial charge in [-0.15, -0.1) is 0 Å². The standard InChI is InChI=1S/C18H15BrN2O2/c19-12-7-8-17-16(10-12)14-5-2-6-15(14)18(20-17)11-3-1-4-13(9-11)21(22)23/h1-5,7-10,14-15,18,20H,6H2/t14-,15+,18+/m0/s1. The molecule has 0 saturated carbocycles.